The van der Waals surface area contributed by atoms with Gasteiger partial charge in [0.25, 0.3) is 0 Å². The monoisotopic (exact) mass is 588 g/mol. The van der Waals surface area contributed by atoms with Crippen molar-refractivity contribution in [3.05, 3.63) is 47.5 Å². The Morgan fingerprint density at radius 3 is 2.49 bits per heavy atom. The van der Waals surface area contributed by atoms with Gasteiger partial charge in [0.05, 0.1) is 19.4 Å². The van der Waals surface area contributed by atoms with E-state index in [1.807, 2.05) is 32.0 Å². The van der Waals surface area contributed by atoms with Crippen molar-refractivity contribution in [1.29, 1.82) is 0 Å². The molecule has 3 fully saturated rings. The molecule has 1 aromatic heterocycles. The Labute approximate surface area is 242 Å². The number of esters is 1. The standard InChI is InChI=1S/C30H40N2O8S/c1-21-18-23(8-9-25(21)26-6-5-7-27(31-26)38-19-24-20-39-29(2,3)40-24)22-10-14-32(15-11-22)41(34,35)30(28(33)36-4)12-16-37-17-13-30/h5-9,18,22,24H,10-17,19-20H2,1-4H3. The minimum absolute atomic E-state index is 0.115. The summed E-state index contributed by atoms with van der Waals surface area (Å²) in [5, 5.41) is 0. The first-order valence-electron chi connectivity index (χ1n) is 14.2. The molecule has 1 aromatic carbocycles. The number of aryl methyl sites for hydroxylation is 1. The van der Waals surface area contributed by atoms with Crippen molar-refractivity contribution in [2.45, 2.75) is 69.0 Å². The number of methoxy groups -OCH3 is 1. The summed E-state index contributed by atoms with van der Waals surface area (Å²) in [5.74, 6) is -0.536. The topological polar surface area (TPSA) is 113 Å². The summed E-state index contributed by atoms with van der Waals surface area (Å²) in [7, 11) is -2.65. The Bertz CT molecular complexity index is 1350. The van der Waals surface area contributed by atoms with Gasteiger partial charge < -0.3 is 23.7 Å². The molecule has 3 saturated heterocycles. The molecular formula is C30H40N2O8S. The first kappa shape index (κ1) is 29.9. The van der Waals surface area contributed by atoms with Gasteiger partial charge >= 0.3 is 5.97 Å². The van der Waals surface area contributed by atoms with Crippen LogP contribution in [0.2, 0.25) is 0 Å². The highest BCUT2D eigenvalue weighted by Crippen LogP contribution is 2.38. The second kappa shape index (κ2) is 12.0. The zero-order valence-electron chi connectivity index (χ0n) is 24.3. The molecule has 0 N–H and O–H groups in total. The van der Waals surface area contributed by atoms with Crippen molar-refractivity contribution in [3.8, 4) is 17.1 Å². The summed E-state index contributed by atoms with van der Waals surface area (Å²) >= 11 is 0. The van der Waals surface area contributed by atoms with Crippen molar-refractivity contribution < 1.29 is 36.9 Å². The van der Waals surface area contributed by atoms with Gasteiger partial charge in [-0.3, -0.25) is 4.79 Å². The fourth-order valence-corrected chi connectivity index (χ4v) is 8.19. The molecule has 3 aliphatic rings. The molecule has 41 heavy (non-hydrogen) atoms. The van der Waals surface area contributed by atoms with Crippen LogP contribution in [0.25, 0.3) is 11.3 Å². The minimum atomic E-state index is -3.89. The SMILES string of the molecule is COC(=O)C1(S(=O)(=O)N2CCC(c3ccc(-c4cccc(OCC5COC(C)(C)O5)n4)c(C)c3)CC2)CCOCC1. The van der Waals surface area contributed by atoms with Crippen LogP contribution < -0.4 is 4.74 Å². The van der Waals surface area contributed by atoms with Crippen molar-refractivity contribution in [3.63, 3.8) is 0 Å². The predicted molar refractivity (Wildman–Crippen MR) is 152 cm³/mol. The van der Waals surface area contributed by atoms with Gasteiger partial charge in [0.2, 0.25) is 15.9 Å². The van der Waals surface area contributed by atoms with E-state index in [-0.39, 0.29) is 38.1 Å². The fraction of sp³-hybridized carbons (Fsp3) is 0.600. The van der Waals surface area contributed by atoms with Crippen molar-refractivity contribution in [1.82, 2.24) is 9.29 Å². The van der Waals surface area contributed by atoms with Crippen LogP contribution in [0.15, 0.2) is 36.4 Å². The molecule has 0 aliphatic carbocycles. The van der Waals surface area contributed by atoms with Crippen LogP contribution >= 0.6 is 0 Å². The van der Waals surface area contributed by atoms with E-state index >= 15 is 0 Å². The van der Waals surface area contributed by atoms with Gasteiger partial charge in [-0.15, -0.1) is 0 Å². The van der Waals surface area contributed by atoms with E-state index < -0.39 is 26.5 Å². The number of hydrogen-bond acceptors (Lipinski definition) is 9. The van der Waals surface area contributed by atoms with Gasteiger partial charge in [0.1, 0.15) is 12.7 Å². The van der Waals surface area contributed by atoms with Crippen LogP contribution in [0, 0.1) is 6.92 Å². The van der Waals surface area contributed by atoms with Gasteiger partial charge in [-0.05, 0) is 56.7 Å². The van der Waals surface area contributed by atoms with Crippen molar-refractivity contribution in [2.24, 2.45) is 0 Å². The molecule has 224 valence electrons. The molecular weight excluding hydrogens is 548 g/mol. The summed E-state index contributed by atoms with van der Waals surface area (Å²) in [6.07, 6.45) is 1.45. The Balaban J connectivity index is 1.23. The largest absolute Gasteiger partial charge is 0.475 e. The molecule has 11 heteroatoms. The number of ether oxygens (including phenoxy) is 5. The Morgan fingerprint density at radius 2 is 1.85 bits per heavy atom. The highest BCUT2D eigenvalue weighted by molar-refractivity contribution is 7.91. The van der Waals surface area contributed by atoms with Crippen molar-refractivity contribution >= 4 is 16.0 Å². The molecule has 0 saturated carbocycles. The van der Waals surface area contributed by atoms with Crippen LogP contribution in [0.1, 0.15) is 56.6 Å². The maximum absolute atomic E-state index is 13.7. The summed E-state index contributed by atoms with van der Waals surface area (Å²) in [5.41, 5.74) is 4.09. The van der Waals surface area contributed by atoms with Crippen LogP contribution in [0.4, 0.5) is 0 Å². The van der Waals surface area contributed by atoms with Crippen LogP contribution in [0.3, 0.4) is 0 Å². The molecule has 1 atom stereocenters. The van der Waals surface area contributed by atoms with Crippen LogP contribution in [-0.2, 0) is 33.8 Å². The molecule has 5 rings (SSSR count). The maximum atomic E-state index is 13.7. The number of carbonyl (C=O) groups excluding carboxylic acids is 1. The van der Waals surface area contributed by atoms with Crippen molar-refractivity contribution in [2.75, 3.05) is 46.6 Å². The first-order chi connectivity index (χ1) is 19.5. The van der Waals surface area contributed by atoms with Crippen LogP contribution in [0.5, 0.6) is 5.88 Å². The van der Waals surface area contributed by atoms with E-state index in [1.54, 1.807) is 0 Å². The first-order valence-corrected chi connectivity index (χ1v) is 15.7. The summed E-state index contributed by atoms with van der Waals surface area (Å²) in [6.45, 7) is 7.85. The van der Waals surface area contributed by atoms with E-state index in [9.17, 15) is 13.2 Å². The smallest absolute Gasteiger partial charge is 0.328 e. The average Bonchev–Trinajstić information content (AvgIpc) is 3.34. The lowest BCUT2D eigenvalue weighted by Gasteiger charge is -2.40. The summed E-state index contributed by atoms with van der Waals surface area (Å²) < 4.78 is 54.9. The second-order valence-electron chi connectivity index (χ2n) is 11.5. The third-order valence-corrected chi connectivity index (χ3v) is 11.0. The van der Waals surface area contributed by atoms with Gasteiger partial charge in [0.15, 0.2) is 10.5 Å². The lowest BCUT2D eigenvalue weighted by atomic mass is 9.88. The predicted octanol–water partition coefficient (Wildman–Crippen LogP) is 3.82. The maximum Gasteiger partial charge on any atom is 0.328 e. The number of pyridine rings is 1. The van der Waals surface area contributed by atoms with E-state index in [2.05, 4.69) is 25.1 Å². The van der Waals surface area contributed by atoms with Gasteiger partial charge in [-0.2, -0.15) is 0 Å². The number of carbonyl (C=O) groups is 1. The average molecular weight is 589 g/mol. The molecule has 0 amide bonds. The van der Waals surface area contributed by atoms with E-state index in [0.717, 1.165) is 16.8 Å². The number of benzene rings is 1. The number of nitrogens with zero attached hydrogens (tertiary/aromatic N) is 2. The van der Waals surface area contributed by atoms with E-state index in [0.29, 0.717) is 45.0 Å². The Kier molecular flexibility index (Phi) is 8.73. The second-order valence-corrected chi connectivity index (χ2v) is 13.7. The summed E-state index contributed by atoms with van der Waals surface area (Å²) in [6, 6.07) is 12.1. The summed E-state index contributed by atoms with van der Waals surface area (Å²) in [4.78, 5) is 17.4. The van der Waals surface area contributed by atoms with Gasteiger partial charge in [0, 0.05) is 50.8 Å². The minimum Gasteiger partial charge on any atom is -0.475 e. The fourth-order valence-electron chi connectivity index (χ4n) is 6.03. The number of hydrogen-bond donors (Lipinski definition) is 0. The number of sulfonamides is 1. The van der Waals surface area contributed by atoms with Gasteiger partial charge in [-0.25, -0.2) is 17.7 Å². The molecule has 1 unspecified atom stereocenters. The molecule has 4 heterocycles. The molecule has 0 radical (unpaired) electrons. The molecule has 2 aromatic rings. The zero-order valence-corrected chi connectivity index (χ0v) is 25.1. The quantitative estimate of drug-likeness (QED) is 0.425. The van der Waals surface area contributed by atoms with E-state index in [1.165, 1.54) is 17.0 Å². The molecule has 10 nitrogen and oxygen atoms in total. The Hall–Kier alpha value is -2.57. The van der Waals surface area contributed by atoms with Crippen LogP contribution in [-0.4, -0.2) is 86.9 Å². The highest BCUT2D eigenvalue weighted by Gasteiger charge is 2.55. The van der Waals surface area contributed by atoms with Gasteiger partial charge in [-0.1, -0.05) is 24.3 Å². The third kappa shape index (κ3) is 6.15. The molecule has 0 bridgehead atoms. The number of rotatable bonds is 8. The van der Waals surface area contributed by atoms with E-state index in [4.69, 9.17) is 28.7 Å². The Morgan fingerprint density at radius 1 is 1.12 bits per heavy atom. The molecule has 0 spiro atoms. The number of aromatic nitrogens is 1. The lowest BCUT2D eigenvalue weighted by Crippen LogP contribution is -2.57. The lowest BCUT2D eigenvalue weighted by molar-refractivity contribution is -0.146. The molecule has 3 aliphatic heterocycles. The normalized spacial score (nSPS) is 23.3. The highest BCUT2D eigenvalue weighted by atomic mass is 32.2. The zero-order chi connectivity index (χ0) is 29.3. The third-order valence-electron chi connectivity index (χ3n) is 8.35. The number of piperidine rings is 1.